The molecule has 0 bridgehead atoms. The Balaban J connectivity index is 1.29. The monoisotopic (exact) mass is 557 g/mol. The number of hydrogen-bond acceptors (Lipinski definition) is 3. The van der Waals surface area contributed by atoms with Crippen LogP contribution in [0.4, 0.5) is 0 Å². The fraction of sp³-hybridized carbons (Fsp3) is 0.297. The summed E-state index contributed by atoms with van der Waals surface area (Å²) in [6.45, 7) is 0.556. The normalized spacial score (nSPS) is 15.6. The second kappa shape index (κ2) is 13.2. The van der Waals surface area contributed by atoms with Gasteiger partial charge < -0.3 is 15.0 Å². The zero-order valence-corrected chi connectivity index (χ0v) is 24.0. The summed E-state index contributed by atoms with van der Waals surface area (Å²) in [6, 6.07) is 36.5. The highest BCUT2D eigenvalue weighted by Gasteiger charge is 2.31. The van der Waals surface area contributed by atoms with Crippen LogP contribution in [0.1, 0.15) is 67.2 Å². The number of aliphatic hydroxyl groups is 1. The molecule has 1 aliphatic carbocycles. The zero-order valence-electron chi connectivity index (χ0n) is 24.0. The summed E-state index contributed by atoms with van der Waals surface area (Å²) >= 11 is 0. The molecule has 1 aliphatic rings. The van der Waals surface area contributed by atoms with Crippen molar-refractivity contribution in [3.05, 3.63) is 126 Å². The summed E-state index contributed by atoms with van der Waals surface area (Å²) in [4.78, 5) is 18.9. The molecule has 1 fully saturated rings. The van der Waals surface area contributed by atoms with Gasteiger partial charge in [0.05, 0.1) is 29.6 Å². The minimum absolute atomic E-state index is 0.00419. The number of nitrogens with one attached hydrogen (secondary N) is 1. The minimum atomic E-state index is -0.419. The second-order valence-electron chi connectivity index (χ2n) is 11.5. The topological polar surface area (TPSA) is 67.2 Å². The summed E-state index contributed by atoms with van der Waals surface area (Å²) in [5.74, 6) is 0.997. The molecule has 2 atom stereocenters. The molecule has 1 unspecified atom stereocenters. The predicted octanol–water partition coefficient (Wildman–Crippen LogP) is 7.66. The predicted molar refractivity (Wildman–Crippen MR) is 169 cm³/mol. The zero-order chi connectivity index (χ0) is 28.7. The lowest BCUT2D eigenvalue weighted by Gasteiger charge is -2.28. The van der Waals surface area contributed by atoms with E-state index in [1.54, 1.807) is 0 Å². The quantitative estimate of drug-likeness (QED) is 0.183. The van der Waals surface area contributed by atoms with E-state index >= 15 is 0 Å². The van der Waals surface area contributed by atoms with E-state index in [1.165, 1.54) is 12.8 Å². The van der Waals surface area contributed by atoms with Gasteiger partial charge in [0.2, 0.25) is 5.91 Å². The third-order valence-electron chi connectivity index (χ3n) is 8.72. The maximum atomic E-state index is 14.0. The molecule has 1 heterocycles. The smallest absolute Gasteiger partial charge is 0.228 e. The minimum Gasteiger partial charge on any atom is -0.394 e. The molecule has 0 spiro atoms. The van der Waals surface area contributed by atoms with E-state index in [0.717, 1.165) is 64.8 Å². The van der Waals surface area contributed by atoms with Crippen molar-refractivity contribution in [3.8, 4) is 11.4 Å². The molecule has 0 saturated heterocycles. The number of benzene rings is 4. The van der Waals surface area contributed by atoms with E-state index in [4.69, 9.17) is 4.98 Å². The molecule has 1 saturated carbocycles. The number of aromatic nitrogens is 2. The Kier molecular flexibility index (Phi) is 8.76. The van der Waals surface area contributed by atoms with Gasteiger partial charge in [0.15, 0.2) is 0 Å². The fourth-order valence-electron chi connectivity index (χ4n) is 6.52. The molecule has 6 rings (SSSR count). The number of fused-ring (bicyclic) bond motifs is 1. The Labute approximate surface area is 248 Å². The SMILES string of the molecule is O=C(N[C@@H](CO)c1ccccc1)C(c1ccc(Cn2c(-c3ccccc3)nc3ccccc32)cc1)C1CCCCCC1. The number of hydrogen-bond donors (Lipinski definition) is 2. The largest absolute Gasteiger partial charge is 0.394 e. The van der Waals surface area contributed by atoms with Crippen molar-refractivity contribution < 1.29 is 9.90 Å². The highest BCUT2D eigenvalue weighted by molar-refractivity contribution is 5.84. The Bertz CT molecular complexity index is 1590. The third kappa shape index (κ3) is 6.17. The molecule has 5 nitrogen and oxygen atoms in total. The number of carbonyl (C=O) groups is 1. The highest BCUT2D eigenvalue weighted by Crippen LogP contribution is 2.36. The molecule has 0 radical (unpaired) electrons. The van der Waals surface area contributed by atoms with Gasteiger partial charge in [0.25, 0.3) is 0 Å². The molecule has 214 valence electrons. The van der Waals surface area contributed by atoms with Crippen LogP contribution >= 0.6 is 0 Å². The molecule has 42 heavy (non-hydrogen) atoms. The molecular formula is C37H39N3O2. The Morgan fingerprint density at radius 3 is 2.12 bits per heavy atom. The highest BCUT2D eigenvalue weighted by atomic mass is 16.3. The number of aliphatic hydroxyl groups excluding tert-OH is 1. The van der Waals surface area contributed by atoms with Crippen LogP contribution in [0, 0.1) is 5.92 Å². The first-order valence-electron chi connectivity index (χ1n) is 15.3. The lowest BCUT2D eigenvalue weighted by Crippen LogP contribution is -2.37. The number of nitrogens with zero attached hydrogens (tertiary/aromatic N) is 2. The molecule has 4 aromatic carbocycles. The van der Waals surface area contributed by atoms with Gasteiger partial charge in [-0.3, -0.25) is 4.79 Å². The van der Waals surface area contributed by atoms with E-state index < -0.39 is 6.04 Å². The maximum absolute atomic E-state index is 14.0. The number of imidazole rings is 1. The first kappa shape index (κ1) is 27.9. The van der Waals surface area contributed by atoms with Gasteiger partial charge in [-0.15, -0.1) is 0 Å². The summed E-state index contributed by atoms with van der Waals surface area (Å²) in [5.41, 5.74) is 6.31. The average molecular weight is 558 g/mol. The van der Waals surface area contributed by atoms with Crippen molar-refractivity contribution in [2.45, 2.75) is 57.0 Å². The molecule has 0 aliphatic heterocycles. The number of amides is 1. The molecule has 5 aromatic rings. The van der Waals surface area contributed by atoms with E-state index in [9.17, 15) is 9.90 Å². The lowest BCUT2D eigenvalue weighted by atomic mass is 9.80. The first-order valence-corrected chi connectivity index (χ1v) is 15.3. The molecule has 1 amide bonds. The summed E-state index contributed by atoms with van der Waals surface area (Å²) in [6.07, 6.45) is 6.88. The first-order chi connectivity index (χ1) is 20.7. The molecule has 1 aromatic heterocycles. The number of para-hydroxylation sites is 2. The van der Waals surface area contributed by atoms with Crippen LogP contribution in [0.3, 0.4) is 0 Å². The van der Waals surface area contributed by atoms with Crippen molar-refractivity contribution in [1.29, 1.82) is 0 Å². The van der Waals surface area contributed by atoms with Crippen LogP contribution in [-0.4, -0.2) is 27.2 Å². The number of rotatable bonds is 9. The Morgan fingerprint density at radius 2 is 1.43 bits per heavy atom. The van der Waals surface area contributed by atoms with Crippen LogP contribution in [0.2, 0.25) is 0 Å². The van der Waals surface area contributed by atoms with Gasteiger partial charge >= 0.3 is 0 Å². The van der Waals surface area contributed by atoms with Crippen LogP contribution < -0.4 is 5.32 Å². The standard InChI is InChI=1S/C37H39N3O2/c41-26-33(28-13-7-3-8-14-28)39-37(42)35(29-15-5-1-2-6-16-29)30-23-21-27(22-24-30)25-40-34-20-12-11-19-32(34)38-36(40)31-17-9-4-10-18-31/h3-4,7-14,17-24,29,33,35,41H,1-2,5-6,15-16,25-26H2,(H,39,42)/t33-,35?/m0/s1. The van der Waals surface area contributed by atoms with Gasteiger partial charge in [-0.25, -0.2) is 4.98 Å². The molecule has 5 heteroatoms. The summed E-state index contributed by atoms with van der Waals surface area (Å²) in [7, 11) is 0. The summed E-state index contributed by atoms with van der Waals surface area (Å²) < 4.78 is 2.28. The van der Waals surface area contributed by atoms with E-state index in [2.05, 4.69) is 64.5 Å². The van der Waals surface area contributed by atoms with Crippen LogP contribution in [0.15, 0.2) is 109 Å². The van der Waals surface area contributed by atoms with Gasteiger partial charge in [0.1, 0.15) is 5.82 Å². The van der Waals surface area contributed by atoms with Crippen molar-refractivity contribution in [2.75, 3.05) is 6.61 Å². The Morgan fingerprint density at radius 1 is 0.786 bits per heavy atom. The van der Waals surface area contributed by atoms with Crippen molar-refractivity contribution in [3.63, 3.8) is 0 Å². The van der Waals surface area contributed by atoms with Gasteiger partial charge in [-0.2, -0.15) is 0 Å². The van der Waals surface area contributed by atoms with Crippen LogP contribution in [0.5, 0.6) is 0 Å². The molecular weight excluding hydrogens is 518 g/mol. The van der Waals surface area contributed by atoms with Crippen LogP contribution in [0.25, 0.3) is 22.4 Å². The van der Waals surface area contributed by atoms with Gasteiger partial charge in [-0.1, -0.05) is 123 Å². The van der Waals surface area contributed by atoms with Gasteiger partial charge in [0, 0.05) is 12.1 Å². The Hall–Kier alpha value is -4.22. The fourth-order valence-corrected chi connectivity index (χ4v) is 6.52. The van der Waals surface area contributed by atoms with E-state index in [0.29, 0.717) is 6.54 Å². The second-order valence-corrected chi connectivity index (χ2v) is 11.5. The summed E-state index contributed by atoms with van der Waals surface area (Å²) in [5, 5.41) is 13.3. The average Bonchev–Trinajstić information content (AvgIpc) is 3.19. The van der Waals surface area contributed by atoms with E-state index in [1.807, 2.05) is 54.6 Å². The maximum Gasteiger partial charge on any atom is 0.228 e. The van der Waals surface area contributed by atoms with Crippen molar-refractivity contribution >= 4 is 16.9 Å². The van der Waals surface area contributed by atoms with Gasteiger partial charge in [-0.05, 0) is 47.6 Å². The molecule has 2 N–H and O–H groups in total. The number of carbonyl (C=O) groups excluding carboxylic acids is 1. The van der Waals surface area contributed by atoms with Crippen LogP contribution in [-0.2, 0) is 11.3 Å². The van der Waals surface area contributed by atoms with Crippen molar-refractivity contribution in [1.82, 2.24) is 14.9 Å². The van der Waals surface area contributed by atoms with Crippen molar-refractivity contribution in [2.24, 2.45) is 5.92 Å². The van der Waals surface area contributed by atoms with E-state index in [-0.39, 0.29) is 24.3 Å². The lowest BCUT2D eigenvalue weighted by molar-refractivity contribution is -0.125. The third-order valence-corrected chi connectivity index (χ3v) is 8.72.